The summed E-state index contributed by atoms with van der Waals surface area (Å²) in [6, 6.07) is 0. The molecule has 1 unspecified atom stereocenters. The molecule has 2 nitrogen and oxygen atoms in total. The lowest BCUT2D eigenvalue weighted by atomic mass is 10.1. The van der Waals surface area contributed by atoms with Crippen molar-refractivity contribution in [2.24, 2.45) is 5.73 Å². The molecule has 11 heavy (non-hydrogen) atoms. The average molecular weight is 177 g/mol. The Hall–Kier alpha value is 0.350. The van der Waals surface area contributed by atoms with Crippen LogP contribution < -0.4 is 5.73 Å². The van der Waals surface area contributed by atoms with E-state index in [-0.39, 0.29) is 5.54 Å². The number of unbranched alkanes of at least 4 members (excludes halogenated alkanes) is 1. The van der Waals surface area contributed by atoms with Gasteiger partial charge in [0.25, 0.3) is 0 Å². The topological polar surface area (TPSA) is 35.2 Å². The summed E-state index contributed by atoms with van der Waals surface area (Å²) in [5.41, 5.74) is 5.54. The Morgan fingerprint density at radius 1 is 1.36 bits per heavy atom. The summed E-state index contributed by atoms with van der Waals surface area (Å²) in [6.07, 6.45) is 3.52. The number of hydrogen-bond acceptors (Lipinski definition) is 2. The van der Waals surface area contributed by atoms with Crippen LogP contribution in [-0.2, 0) is 4.74 Å². The molecule has 0 saturated carbocycles. The Bertz CT molecular complexity index is 90.6. The van der Waals surface area contributed by atoms with Crippen molar-refractivity contribution in [3.8, 4) is 0 Å². The molecule has 0 heterocycles. The van der Waals surface area contributed by atoms with E-state index in [1.165, 1.54) is 6.42 Å². The third-order valence-electron chi connectivity index (χ3n) is 1.22. The zero-order valence-electron chi connectivity index (χ0n) is 7.60. The Balaban J connectivity index is 3.02. The molecule has 0 rings (SSSR count). The van der Waals surface area contributed by atoms with Gasteiger partial charge in [-0.3, -0.25) is 0 Å². The van der Waals surface area contributed by atoms with Crippen LogP contribution in [-0.4, -0.2) is 24.9 Å². The lowest BCUT2D eigenvalue weighted by Gasteiger charge is -2.17. The Labute approximate surface area is 72.1 Å². The molecule has 1 atom stereocenters. The molecule has 0 aliphatic carbocycles. The lowest BCUT2D eigenvalue weighted by Crippen LogP contribution is -2.37. The molecule has 0 radical (unpaired) electrons. The highest BCUT2D eigenvalue weighted by atomic mass is 31.0. The molecule has 68 valence electrons. The number of nitrogens with two attached hydrogens (primary N) is 1. The van der Waals surface area contributed by atoms with Crippen LogP contribution >= 0.6 is 9.24 Å². The van der Waals surface area contributed by atoms with Gasteiger partial charge in [-0.1, -0.05) is 0 Å². The maximum absolute atomic E-state index is 5.72. The minimum atomic E-state index is -0.180. The number of hydrogen-bond donors (Lipinski definition) is 1. The molecule has 0 fully saturated rings. The van der Waals surface area contributed by atoms with E-state index in [9.17, 15) is 0 Å². The maximum atomic E-state index is 5.72. The van der Waals surface area contributed by atoms with E-state index in [4.69, 9.17) is 10.5 Å². The van der Waals surface area contributed by atoms with Crippen molar-refractivity contribution in [3.05, 3.63) is 0 Å². The zero-order chi connectivity index (χ0) is 8.74. The van der Waals surface area contributed by atoms with Crippen LogP contribution in [0.4, 0.5) is 0 Å². The molecule has 2 N–H and O–H groups in total. The molecule has 0 aromatic heterocycles. The summed E-state index contributed by atoms with van der Waals surface area (Å²) >= 11 is 0. The third kappa shape index (κ3) is 10.4. The Kier molecular flexibility index (Phi) is 6.12. The molecule has 0 amide bonds. The van der Waals surface area contributed by atoms with Crippen molar-refractivity contribution >= 4 is 9.24 Å². The van der Waals surface area contributed by atoms with Gasteiger partial charge < -0.3 is 10.5 Å². The van der Waals surface area contributed by atoms with Crippen LogP contribution in [0.2, 0.25) is 0 Å². The van der Waals surface area contributed by atoms with Gasteiger partial charge in [0.05, 0.1) is 6.61 Å². The molecule has 0 aromatic carbocycles. The highest BCUT2D eigenvalue weighted by Crippen LogP contribution is 1.99. The first-order valence-electron chi connectivity index (χ1n) is 4.13. The predicted octanol–water partition coefficient (Wildman–Crippen LogP) is 1.40. The Morgan fingerprint density at radius 3 is 2.45 bits per heavy atom. The summed E-state index contributed by atoms with van der Waals surface area (Å²) in [6.45, 7) is 5.45. The number of rotatable bonds is 6. The highest BCUT2D eigenvalue weighted by Gasteiger charge is 2.09. The molecule has 0 saturated heterocycles. The molecule has 0 aromatic rings. The van der Waals surface area contributed by atoms with Gasteiger partial charge in [0, 0.05) is 12.1 Å². The second kappa shape index (κ2) is 5.93. The summed E-state index contributed by atoms with van der Waals surface area (Å²) < 4.78 is 5.37. The quantitative estimate of drug-likeness (QED) is 0.491. The SMILES string of the molecule is CC(C)(N)COCCCCP. The van der Waals surface area contributed by atoms with Gasteiger partial charge in [-0.05, 0) is 32.9 Å². The minimum Gasteiger partial charge on any atom is -0.380 e. The lowest BCUT2D eigenvalue weighted by molar-refractivity contribution is 0.0952. The number of ether oxygens (including phenoxy) is 1. The van der Waals surface area contributed by atoms with Crippen molar-refractivity contribution in [2.45, 2.75) is 32.2 Å². The van der Waals surface area contributed by atoms with Crippen LogP contribution in [0.5, 0.6) is 0 Å². The summed E-state index contributed by atoms with van der Waals surface area (Å²) in [7, 11) is 2.71. The van der Waals surface area contributed by atoms with Gasteiger partial charge in [-0.25, -0.2) is 0 Å². The standard InChI is InChI=1S/C8H20NOP/c1-8(2,9)7-10-5-3-4-6-11/h3-7,9,11H2,1-2H3. The smallest absolute Gasteiger partial charge is 0.0640 e. The van der Waals surface area contributed by atoms with Crippen molar-refractivity contribution in [1.82, 2.24) is 0 Å². The molecule has 3 heteroatoms. The van der Waals surface area contributed by atoms with Gasteiger partial charge in [0.2, 0.25) is 0 Å². The van der Waals surface area contributed by atoms with Crippen molar-refractivity contribution in [1.29, 1.82) is 0 Å². The fourth-order valence-corrected chi connectivity index (χ4v) is 0.972. The van der Waals surface area contributed by atoms with Gasteiger partial charge in [-0.2, -0.15) is 0 Å². The van der Waals surface area contributed by atoms with Crippen molar-refractivity contribution < 1.29 is 4.74 Å². The molecular formula is C8H20NOP. The van der Waals surface area contributed by atoms with E-state index in [0.717, 1.165) is 19.2 Å². The van der Waals surface area contributed by atoms with Gasteiger partial charge in [-0.15, -0.1) is 9.24 Å². The van der Waals surface area contributed by atoms with E-state index in [1.807, 2.05) is 13.8 Å². The second-order valence-electron chi connectivity index (χ2n) is 3.54. The van der Waals surface area contributed by atoms with E-state index in [2.05, 4.69) is 9.24 Å². The molecular weight excluding hydrogens is 157 g/mol. The van der Waals surface area contributed by atoms with E-state index in [1.54, 1.807) is 0 Å². The van der Waals surface area contributed by atoms with Gasteiger partial charge in [0.15, 0.2) is 0 Å². The minimum absolute atomic E-state index is 0.180. The first-order chi connectivity index (χ1) is 5.06. The monoisotopic (exact) mass is 177 g/mol. The molecule has 0 aliphatic rings. The van der Waals surface area contributed by atoms with Crippen LogP contribution in [0.3, 0.4) is 0 Å². The maximum Gasteiger partial charge on any atom is 0.0640 e. The first-order valence-corrected chi connectivity index (χ1v) is 4.94. The van der Waals surface area contributed by atoms with Crippen LogP contribution in [0.15, 0.2) is 0 Å². The largest absolute Gasteiger partial charge is 0.380 e. The van der Waals surface area contributed by atoms with E-state index >= 15 is 0 Å². The van der Waals surface area contributed by atoms with Crippen LogP contribution in [0, 0.1) is 0 Å². The molecule has 0 aliphatic heterocycles. The third-order valence-corrected chi connectivity index (χ3v) is 1.63. The van der Waals surface area contributed by atoms with E-state index in [0.29, 0.717) is 6.61 Å². The predicted molar refractivity (Wildman–Crippen MR) is 52.9 cm³/mol. The van der Waals surface area contributed by atoms with Crippen molar-refractivity contribution in [3.63, 3.8) is 0 Å². The van der Waals surface area contributed by atoms with Gasteiger partial charge in [0.1, 0.15) is 0 Å². The van der Waals surface area contributed by atoms with E-state index < -0.39 is 0 Å². The molecule has 0 spiro atoms. The fraction of sp³-hybridized carbons (Fsp3) is 1.00. The summed E-state index contributed by atoms with van der Waals surface area (Å²) in [5, 5.41) is 0. The van der Waals surface area contributed by atoms with Crippen LogP contribution in [0.25, 0.3) is 0 Å². The van der Waals surface area contributed by atoms with Gasteiger partial charge >= 0.3 is 0 Å². The second-order valence-corrected chi connectivity index (χ2v) is 4.11. The Morgan fingerprint density at radius 2 is 2.00 bits per heavy atom. The highest BCUT2D eigenvalue weighted by molar-refractivity contribution is 7.16. The average Bonchev–Trinajstić information content (AvgIpc) is 1.85. The van der Waals surface area contributed by atoms with Crippen LogP contribution in [0.1, 0.15) is 26.7 Å². The molecule has 0 bridgehead atoms. The first kappa shape index (κ1) is 11.4. The van der Waals surface area contributed by atoms with Crippen molar-refractivity contribution in [2.75, 3.05) is 19.4 Å². The summed E-state index contributed by atoms with van der Waals surface area (Å²) in [4.78, 5) is 0. The normalized spacial score (nSPS) is 12.0. The zero-order valence-corrected chi connectivity index (χ0v) is 8.75. The fourth-order valence-electron chi connectivity index (χ4n) is 0.684. The summed E-state index contributed by atoms with van der Waals surface area (Å²) in [5.74, 6) is 0.